The number of ketones is 6. The predicted molar refractivity (Wildman–Crippen MR) is 517 cm³/mol. The number of H-pyrrole nitrogens is 1. The maximum absolute atomic E-state index is 15.0. The molecule has 0 unspecified atom stereocenters. The smallest absolute Gasteiger partial charge is 0.305 e. The second kappa shape index (κ2) is 69.9. The van der Waals surface area contributed by atoms with Gasteiger partial charge >= 0.3 is 5.97 Å². The SMILES string of the molecule is CCCCCCCCCCCCCCCC(=O)N[C@@H](CCCCN)C(=O)N[C@@H](CCCCN)C(=O)C[C@@H](CC(C)C)C(=O)N[C@@H](CCCN=C(N)N)C(=O)C[C@@H](CO)C(=O)N[C@@H](CCSC)C(=O)C[C@H](C(=O)N[C@@H](CC(=O)O)C(=O)C[C@@H](CCCCN)C(=O)N[C@@H](Cc1ccc(O)cc1)C(=O)C[C@H](CCCN=C(N)N)C(=O)N[C@@H](CC(C)C)C(=O)C[C@@H](Cc1cnc[nH]1)C(N)=O)[C@@H](C)O. The number of nitrogens with two attached hydrogens (primary N) is 8. The number of aliphatic hydroxyl groups is 2. The van der Waals surface area contributed by atoms with Gasteiger partial charge in [-0.25, -0.2) is 4.98 Å². The Bertz CT molecular complexity index is 3920. The summed E-state index contributed by atoms with van der Waals surface area (Å²) in [6.07, 6.45) is 16.3. The number of nitrogens with one attached hydrogen (secondary N) is 8. The topological polar surface area (TPSA) is 683 Å². The normalized spacial score (nSPS) is 14.6. The monoisotopic (exact) mass is 1910 g/mol. The number of aliphatic carboxylic acids is 1. The lowest BCUT2D eigenvalue weighted by molar-refractivity contribution is -0.142. The van der Waals surface area contributed by atoms with E-state index >= 15 is 4.79 Å². The fourth-order valence-corrected chi connectivity index (χ4v) is 16.5. The number of hydrogen-bond donors (Lipinski definition) is 20. The molecule has 134 heavy (non-hydrogen) atoms. The summed E-state index contributed by atoms with van der Waals surface area (Å²) in [6, 6.07) is -3.77. The molecule has 0 aliphatic rings. The quantitative estimate of drug-likeness (QED) is 0.0238. The number of rotatable bonds is 81. The number of benzene rings is 1. The van der Waals surface area contributed by atoms with E-state index in [1.54, 1.807) is 6.26 Å². The van der Waals surface area contributed by atoms with Gasteiger partial charge in [0.05, 0.1) is 79.5 Å². The van der Waals surface area contributed by atoms with Crippen molar-refractivity contribution in [2.75, 3.05) is 51.3 Å². The van der Waals surface area contributed by atoms with E-state index in [0.717, 1.165) is 32.6 Å². The number of hydrogen-bond acceptors (Lipinski definition) is 25. The Balaban J connectivity index is 2.51. The Morgan fingerprint density at radius 3 is 1.32 bits per heavy atom. The van der Waals surface area contributed by atoms with Gasteiger partial charge in [-0.15, -0.1) is 0 Å². The van der Waals surface area contributed by atoms with Gasteiger partial charge in [-0.05, 0) is 177 Å². The molecule has 0 aliphatic carbocycles. The number of carbonyl (C=O) groups is 15. The highest BCUT2D eigenvalue weighted by molar-refractivity contribution is 7.98. The van der Waals surface area contributed by atoms with Gasteiger partial charge in [-0.3, -0.25) is 81.9 Å². The van der Waals surface area contributed by atoms with E-state index in [2.05, 4.69) is 64.1 Å². The molecule has 0 saturated heterocycles. The zero-order chi connectivity index (χ0) is 100. The number of aromatic nitrogens is 2. The highest BCUT2D eigenvalue weighted by Crippen LogP contribution is 2.27. The molecule has 758 valence electrons. The van der Waals surface area contributed by atoms with Crippen LogP contribution in [0.15, 0.2) is 46.8 Å². The minimum Gasteiger partial charge on any atom is -0.508 e. The van der Waals surface area contributed by atoms with Crippen molar-refractivity contribution in [3.63, 3.8) is 0 Å². The number of aliphatic imine (C=N–C) groups is 2. The van der Waals surface area contributed by atoms with E-state index < -0.39 is 205 Å². The number of thioether (sulfide) groups is 1. The van der Waals surface area contributed by atoms with Gasteiger partial charge < -0.3 is 108 Å². The van der Waals surface area contributed by atoms with Crippen molar-refractivity contribution in [2.24, 2.45) is 103 Å². The molecule has 0 bridgehead atoms. The van der Waals surface area contributed by atoms with E-state index in [0.29, 0.717) is 62.9 Å². The van der Waals surface area contributed by atoms with Gasteiger partial charge in [0.2, 0.25) is 47.3 Å². The summed E-state index contributed by atoms with van der Waals surface area (Å²) in [5, 5.41) is 61.8. The number of carbonyl (C=O) groups excluding carboxylic acids is 14. The minimum absolute atomic E-state index is 0.00355. The molecule has 1 aromatic heterocycles. The maximum atomic E-state index is 15.0. The summed E-state index contributed by atoms with van der Waals surface area (Å²) in [6.45, 7) is 10.5. The Labute approximate surface area is 795 Å². The van der Waals surface area contributed by atoms with E-state index in [4.69, 9.17) is 45.9 Å². The van der Waals surface area contributed by atoms with Crippen LogP contribution in [0, 0.1) is 47.3 Å². The van der Waals surface area contributed by atoms with Crippen LogP contribution in [0.3, 0.4) is 0 Å². The number of aliphatic hydroxyl groups excluding tert-OH is 2. The van der Waals surface area contributed by atoms with E-state index in [1.165, 1.54) is 99.9 Å². The predicted octanol–water partition coefficient (Wildman–Crippen LogP) is 4.90. The third-order valence-corrected chi connectivity index (χ3v) is 24.4. The van der Waals surface area contributed by atoms with Crippen LogP contribution in [0.4, 0.5) is 0 Å². The molecule has 28 N–H and O–H groups in total. The van der Waals surface area contributed by atoms with Gasteiger partial charge in [0.25, 0.3) is 0 Å². The summed E-state index contributed by atoms with van der Waals surface area (Å²) in [7, 11) is 0. The number of Topliss-reactive ketones (excluding diaryl/α,β-unsaturated/α-hetero) is 6. The number of aromatic hydroxyl groups is 1. The van der Waals surface area contributed by atoms with Crippen LogP contribution in [0.2, 0.25) is 0 Å². The van der Waals surface area contributed by atoms with Gasteiger partial charge in [0, 0.05) is 94.1 Å². The van der Waals surface area contributed by atoms with E-state index in [1.807, 2.05) is 27.7 Å². The van der Waals surface area contributed by atoms with Crippen molar-refractivity contribution in [3.05, 3.63) is 48.0 Å². The number of aromatic amines is 1. The largest absolute Gasteiger partial charge is 0.508 e. The number of guanidine groups is 2. The lowest BCUT2D eigenvalue weighted by atomic mass is 9.87. The van der Waals surface area contributed by atoms with Gasteiger partial charge in [0.1, 0.15) is 11.8 Å². The molecule has 38 nitrogen and oxygen atoms in total. The molecule has 0 aliphatic heterocycles. The van der Waals surface area contributed by atoms with Gasteiger partial charge in [-0.2, -0.15) is 11.8 Å². The Hall–Kier alpha value is -9.83. The van der Waals surface area contributed by atoms with Crippen molar-refractivity contribution in [1.29, 1.82) is 0 Å². The first kappa shape index (κ1) is 120. The third kappa shape index (κ3) is 52.3. The maximum Gasteiger partial charge on any atom is 0.305 e. The molecule has 0 spiro atoms. The summed E-state index contributed by atoms with van der Waals surface area (Å²) < 4.78 is 0. The molecule has 1 aromatic carbocycles. The molecule has 14 atom stereocenters. The molecule has 0 radical (unpaired) electrons. The zero-order valence-corrected chi connectivity index (χ0v) is 81.3. The molecule has 2 rings (SSSR count). The number of imidazole rings is 1. The summed E-state index contributed by atoms with van der Waals surface area (Å²) in [4.78, 5) is 229. The van der Waals surface area contributed by atoms with Crippen LogP contribution in [0.25, 0.3) is 0 Å². The number of carboxylic acids is 1. The second-order valence-corrected chi connectivity index (χ2v) is 37.4. The molecule has 39 heteroatoms. The van der Waals surface area contributed by atoms with Gasteiger partial charge in [-0.1, -0.05) is 130 Å². The molecule has 0 fully saturated rings. The van der Waals surface area contributed by atoms with Crippen LogP contribution in [-0.4, -0.2) is 230 Å². The van der Waals surface area contributed by atoms with Crippen molar-refractivity contribution < 1.29 is 92.3 Å². The number of phenols is 1. The van der Waals surface area contributed by atoms with E-state index in [-0.39, 0.29) is 164 Å². The van der Waals surface area contributed by atoms with Crippen LogP contribution in [0.1, 0.15) is 290 Å². The lowest BCUT2D eigenvalue weighted by Gasteiger charge is -2.27. The number of unbranched alkanes of at least 4 members (excludes halogenated alkanes) is 15. The molecular weight excluding hydrogens is 1740 g/mol. The number of nitrogens with zero attached hydrogens (tertiary/aromatic N) is 3. The van der Waals surface area contributed by atoms with Crippen molar-refractivity contribution in [1.82, 2.24) is 47.2 Å². The molecule has 1 heterocycles. The van der Waals surface area contributed by atoms with Crippen molar-refractivity contribution >= 4 is 112 Å². The van der Waals surface area contributed by atoms with E-state index in [9.17, 15) is 87.5 Å². The van der Waals surface area contributed by atoms with Gasteiger partial charge in [0.15, 0.2) is 46.6 Å². The highest BCUT2D eigenvalue weighted by Gasteiger charge is 2.40. The average molecular weight is 1910 g/mol. The Kier molecular flexibility index (Phi) is 62.7. The molecular formula is C95H163N19O19S. The Morgan fingerprint density at radius 2 is 0.836 bits per heavy atom. The second-order valence-electron chi connectivity index (χ2n) is 36.5. The first-order valence-corrected chi connectivity index (χ1v) is 49.7. The standard InChI is InChI=1S/C95H163N19O19S/c1-8-9-10-11-12-13-14-15-16-17-18-19-20-34-85(124)108-75(32-23-26-42-98)93(133)111-72(31-22-25-41-97)79(118)53-67(46-60(2)3)90(130)109-73(33-28-44-106-95(102)103)80(119)54-68(58-115)91(131)110-74(39-45-134-7)84(123)55-71(62(6)116)92(132)114-78(56-86(125)126)82(121)50-64(29-21-24-40-96)88(128)113-77(48-63-35-37-70(117)38-36-63)81(120)51-65(30-27-43-105-94(100)101)89(129)112-76(47-61(4)5)83(122)52-66(87(99)127)49-69-57-104-59-107-69/h35-38,57,59-62,64-68,71-78,115-117H,8-34,39-56,58,96-98H2,1-7H3,(H2,99,127)(H,104,107)(H,108,124)(H,109,130)(H,110,131)(H,111,133)(H,112,129)(H,113,128)(H,114,132)(H,125,126)(H4,100,101,105)(H4,102,103,106)/t62-,64-,65+,66-,67-,68+,71+,72+,73+,74+,75+,76+,77+,78+/m1/s1. The first-order valence-electron chi connectivity index (χ1n) is 48.3. The van der Waals surface area contributed by atoms with Crippen LogP contribution in [-0.2, 0) is 84.8 Å². The number of amides is 8. The van der Waals surface area contributed by atoms with Crippen molar-refractivity contribution in [3.8, 4) is 5.75 Å². The minimum atomic E-state index is -1.92. The molecule has 2 aromatic rings. The van der Waals surface area contributed by atoms with Crippen LogP contribution < -0.4 is 83.1 Å². The van der Waals surface area contributed by atoms with Crippen LogP contribution >= 0.6 is 11.8 Å². The number of phenolic OH excluding ortho intramolecular Hbond substituents is 1. The fraction of sp³-hybridized carbons (Fsp3) is 0.726. The molecule has 0 saturated carbocycles. The summed E-state index contributed by atoms with van der Waals surface area (Å²) >= 11 is 1.27. The molecule has 8 amide bonds. The highest BCUT2D eigenvalue weighted by atomic mass is 32.2. The summed E-state index contributed by atoms with van der Waals surface area (Å²) in [5.41, 5.74) is 46.9. The lowest BCUT2D eigenvalue weighted by Crippen LogP contribution is -2.52. The zero-order valence-electron chi connectivity index (χ0n) is 80.5. The Morgan fingerprint density at radius 1 is 0.425 bits per heavy atom. The number of carboxylic acid groups (broad SMARTS) is 1. The first-order chi connectivity index (χ1) is 63.8. The average Bonchev–Trinajstić information content (AvgIpc) is 0.943. The fourth-order valence-electron chi connectivity index (χ4n) is 16.0. The van der Waals surface area contributed by atoms with Crippen molar-refractivity contribution in [2.45, 2.75) is 340 Å². The number of primary amides is 1. The summed E-state index contributed by atoms with van der Waals surface area (Å²) in [5.74, 6) is -20.7. The van der Waals surface area contributed by atoms with Crippen LogP contribution in [0.5, 0.6) is 5.75 Å². The third-order valence-electron chi connectivity index (χ3n) is 23.8.